The second-order valence-electron chi connectivity index (χ2n) is 2.98. The number of nitrogens with zero attached hydrogens (tertiary/aromatic N) is 2. The normalized spacial score (nSPS) is 10.4. The fourth-order valence-electron chi connectivity index (χ4n) is 1.12. The molecule has 2 aromatic rings. The molecule has 0 unspecified atom stereocenters. The number of hydrogen-bond donors (Lipinski definition) is 2. The third kappa shape index (κ3) is 2.93. The fraction of sp³-hybridized carbons (Fsp3) is 0.111. The van der Waals surface area contributed by atoms with E-state index in [9.17, 15) is 0 Å². The molecule has 0 aromatic carbocycles. The van der Waals surface area contributed by atoms with E-state index < -0.39 is 0 Å². The number of nitrogens with two attached hydrogens (primary N) is 1. The Balaban J connectivity index is 2.07. The summed E-state index contributed by atoms with van der Waals surface area (Å²) in [5.74, 6) is 0.960. The third-order valence-electron chi connectivity index (χ3n) is 1.81. The standard InChI is InChI=1S/C9H8Br2N4S/c10-5-1-2-16-6(5)4-13-9-14-7(11)3-8(12)15-9/h1-3H,4H2,(H3,12,13,14,15). The van der Waals surface area contributed by atoms with Gasteiger partial charge in [0.05, 0.1) is 6.54 Å². The van der Waals surface area contributed by atoms with Crippen molar-refractivity contribution in [3.05, 3.63) is 31.5 Å². The summed E-state index contributed by atoms with van der Waals surface area (Å²) in [5.41, 5.74) is 5.61. The third-order valence-corrected chi connectivity index (χ3v) is 4.15. The molecule has 2 aromatic heterocycles. The summed E-state index contributed by atoms with van der Waals surface area (Å²) in [6, 6.07) is 3.67. The van der Waals surface area contributed by atoms with Crippen LogP contribution < -0.4 is 11.1 Å². The highest BCUT2D eigenvalue weighted by atomic mass is 79.9. The summed E-state index contributed by atoms with van der Waals surface area (Å²) in [6.45, 7) is 0.675. The van der Waals surface area contributed by atoms with Crippen LogP contribution in [0.15, 0.2) is 26.6 Å². The molecule has 0 atom stereocenters. The van der Waals surface area contributed by atoms with Gasteiger partial charge in [0.15, 0.2) is 0 Å². The lowest BCUT2D eigenvalue weighted by Gasteiger charge is -2.04. The van der Waals surface area contributed by atoms with E-state index in [4.69, 9.17) is 5.73 Å². The number of hydrogen-bond acceptors (Lipinski definition) is 5. The van der Waals surface area contributed by atoms with E-state index >= 15 is 0 Å². The number of thiophene rings is 1. The molecule has 3 N–H and O–H groups in total. The van der Waals surface area contributed by atoms with E-state index in [1.165, 1.54) is 4.88 Å². The Morgan fingerprint density at radius 1 is 1.38 bits per heavy atom. The van der Waals surface area contributed by atoms with Crippen molar-refractivity contribution < 1.29 is 0 Å². The molecule has 4 nitrogen and oxygen atoms in total. The van der Waals surface area contributed by atoms with Gasteiger partial charge in [0, 0.05) is 15.4 Å². The highest BCUT2D eigenvalue weighted by molar-refractivity contribution is 9.10. The first kappa shape index (κ1) is 11.8. The summed E-state index contributed by atoms with van der Waals surface area (Å²) in [5, 5.41) is 5.14. The van der Waals surface area contributed by atoms with E-state index in [1.807, 2.05) is 11.4 Å². The van der Waals surface area contributed by atoms with Gasteiger partial charge in [-0.2, -0.15) is 4.98 Å². The smallest absolute Gasteiger partial charge is 0.226 e. The highest BCUT2D eigenvalue weighted by Gasteiger charge is 2.03. The Kier molecular flexibility index (Phi) is 3.78. The van der Waals surface area contributed by atoms with Gasteiger partial charge in [-0.05, 0) is 43.3 Å². The first-order valence-electron chi connectivity index (χ1n) is 4.41. The van der Waals surface area contributed by atoms with E-state index in [-0.39, 0.29) is 0 Å². The Morgan fingerprint density at radius 3 is 2.81 bits per heavy atom. The topological polar surface area (TPSA) is 63.8 Å². The van der Waals surface area contributed by atoms with Gasteiger partial charge in [-0.25, -0.2) is 4.98 Å². The van der Waals surface area contributed by atoms with Crippen LogP contribution in [0.3, 0.4) is 0 Å². The zero-order valence-electron chi connectivity index (χ0n) is 8.08. The first-order chi connectivity index (χ1) is 7.65. The highest BCUT2D eigenvalue weighted by Crippen LogP contribution is 2.23. The molecule has 16 heavy (non-hydrogen) atoms. The molecule has 2 heterocycles. The van der Waals surface area contributed by atoms with Crippen LogP contribution in [0.25, 0.3) is 0 Å². The maximum Gasteiger partial charge on any atom is 0.226 e. The summed E-state index contributed by atoms with van der Waals surface area (Å²) >= 11 is 8.40. The predicted octanol–water partition coefficient (Wildman–Crippen LogP) is 3.26. The maximum atomic E-state index is 5.61. The molecule has 0 aliphatic carbocycles. The van der Waals surface area contributed by atoms with Gasteiger partial charge < -0.3 is 11.1 Å². The van der Waals surface area contributed by atoms with Crippen molar-refractivity contribution >= 4 is 55.0 Å². The van der Waals surface area contributed by atoms with Crippen molar-refractivity contribution in [1.82, 2.24) is 9.97 Å². The molecule has 0 amide bonds. The summed E-state index contributed by atoms with van der Waals surface area (Å²) in [6.07, 6.45) is 0. The van der Waals surface area contributed by atoms with Gasteiger partial charge in [-0.15, -0.1) is 11.3 Å². The van der Waals surface area contributed by atoms with E-state index in [2.05, 4.69) is 47.1 Å². The van der Waals surface area contributed by atoms with E-state index in [0.717, 1.165) is 4.47 Å². The number of anilines is 2. The van der Waals surface area contributed by atoms with Crippen molar-refractivity contribution in [2.45, 2.75) is 6.54 Å². The molecule has 7 heteroatoms. The molecule has 0 bridgehead atoms. The Morgan fingerprint density at radius 2 is 2.19 bits per heavy atom. The van der Waals surface area contributed by atoms with Gasteiger partial charge in [-0.1, -0.05) is 0 Å². The van der Waals surface area contributed by atoms with Crippen LogP contribution in [0.4, 0.5) is 11.8 Å². The lowest BCUT2D eigenvalue weighted by molar-refractivity contribution is 1.06. The number of halogens is 2. The lowest BCUT2D eigenvalue weighted by atomic mass is 10.4. The lowest BCUT2D eigenvalue weighted by Crippen LogP contribution is -2.04. The number of nitrogen functional groups attached to an aromatic ring is 1. The van der Waals surface area contributed by atoms with Gasteiger partial charge in [-0.3, -0.25) is 0 Å². The molecule has 0 aliphatic heterocycles. The van der Waals surface area contributed by atoms with Crippen LogP contribution in [0.1, 0.15) is 4.88 Å². The molecule has 84 valence electrons. The average Bonchev–Trinajstić information content (AvgIpc) is 2.59. The minimum Gasteiger partial charge on any atom is -0.383 e. The van der Waals surface area contributed by atoms with Crippen LogP contribution in [0.2, 0.25) is 0 Å². The minimum absolute atomic E-state index is 0.439. The molecule has 0 saturated carbocycles. The van der Waals surface area contributed by atoms with Crippen molar-refractivity contribution in [2.24, 2.45) is 0 Å². The number of aromatic nitrogens is 2. The maximum absolute atomic E-state index is 5.61. The van der Waals surface area contributed by atoms with E-state index in [1.54, 1.807) is 17.4 Å². The predicted molar refractivity (Wildman–Crippen MR) is 73.5 cm³/mol. The SMILES string of the molecule is Nc1cc(Br)nc(NCc2sccc2Br)n1. The molecular weight excluding hydrogens is 356 g/mol. The first-order valence-corrected chi connectivity index (χ1v) is 6.87. The van der Waals surface area contributed by atoms with Crippen LogP contribution in [-0.4, -0.2) is 9.97 Å². The molecule has 0 spiro atoms. The van der Waals surface area contributed by atoms with Crippen molar-refractivity contribution in [1.29, 1.82) is 0 Å². The zero-order chi connectivity index (χ0) is 11.5. The van der Waals surface area contributed by atoms with E-state index in [0.29, 0.717) is 22.9 Å². The number of rotatable bonds is 3. The second-order valence-corrected chi connectivity index (χ2v) is 5.65. The minimum atomic E-state index is 0.439. The molecule has 0 aliphatic rings. The molecular formula is C9H8Br2N4S. The molecule has 0 fully saturated rings. The fourth-order valence-corrected chi connectivity index (χ4v) is 2.96. The Bertz CT molecular complexity index is 480. The van der Waals surface area contributed by atoms with Crippen LogP contribution in [0, 0.1) is 0 Å². The van der Waals surface area contributed by atoms with Gasteiger partial charge in [0.2, 0.25) is 5.95 Å². The number of nitrogens with one attached hydrogen (secondary N) is 1. The largest absolute Gasteiger partial charge is 0.383 e. The molecule has 2 rings (SSSR count). The van der Waals surface area contributed by atoms with Gasteiger partial charge >= 0.3 is 0 Å². The van der Waals surface area contributed by atoms with Crippen LogP contribution >= 0.6 is 43.2 Å². The zero-order valence-corrected chi connectivity index (χ0v) is 12.1. The van der Waals surface area contributed by atoms with Gasteiger partial charge in [0.1, 0.15) is 10.4 Å². The summed E-state index contributed by atoms with van der Waals surface area (Å²) in [4.78, 5) is 9.44. The van der Waals surface area contributed by atoms with Crippen molar-refractivity contribution in [3.8, 4) is 0 Å². The monoisotopic (exact) mass is 362 g/mol. The Labute approximate surface area is 114 Å². The van der Waals surface area contributed by atoms with Crippen molar-refractivity contribution in [2.75, 3.05) is 11.1 Å². The van der Waals surface area contributed by atoms with Crippen LogP contribution in [-0.2, 0) is 6.54 Å². The average molecular weight is 364 g/mol. The van der Waals surface area contributed by atoms with Gasteiger partial charge in [0.25, 0.3) is 0 Å². The molecule has 0 radical (unpaired) electrons. The quantitative estimate of drug-likeness (QED) is 0.821. The summed E-state index contributed by atoms with van der Waals surface area (Å²) < 4.78 is 1.76. The Hall–Kier alpha value is -0.660. The van der Waals surface area contributed by atoms with Crippen molar-refractivity contribution in [3.63, 3.8) is 0 Å². The summed E-state index contributed by atoms with van der Waals surface area (Å²) in [7, 11) is 0. The second kappa shape index (κ2) is 5.11. The van der Waals surface area contributed by atoms with Crippen LogP contribution in [0.5, 0.6) is 0 Å². The molecule has 0 saturated heterocycles.